The Kier molecular flexibility index (Phi) is 2.56. The van der Waals surface area contributed by atoms with Gasteiger partial charge in [0, 0.05) is 23.9 Å². The normalized spacial score (nSPS) is 23.9. The first-order valence-corrected chi connectivity index (χ1v) is 6.55. The minimum Gasteiger partial charge on any atom is -0.294 e. The fourth-order valence-electron chi connectivity index (χ4n) is 1.75. The van der Waals surface area contributed by atoms with Crippen molar-refractivity contribution in [2.24, 2.45) is 5.92 Å². The van der Waals surface area contributed by atoms with Crippen LogP contribution in [0.15, 0.2) is 24.5 Å². The van der Waals surface area contributed by atoms with Gasteiger partial charge in [-0.2, -0.15) is 0 Å². The second kappa shape index (κ2) is 3.73. The molecule has 1 unspecified atom stereocenters. The Bertz CT molecular complexity index is 467. The highest BCUT2D eigenvalue weighted by Gasteiger charge is 2.33. The molecule has 0 aromatic carbocycles. The van der Waals surface area contributed by atoms with Crippen molar-refractivity contribution in [3.05, 3.63) is 30.1 Å². The number of ketones is 1. The van der Waals surface area contributed by atoms with E-state index in [9.17, 15) is 13.2 Å². The van der Waals surface area contributed by atoms with Crippen molar-refractivity contribution in [3.63, 3.8) is 0 Å². The molecule has 0 amide bonds. The molecular formula is C10H11NO3S. The second-order valence-corrected chi connectivity index (χ2v) is 5.93. The lowest BCUT2D eigenvalue weighted by Gasteiger charge is -2.05. The smallest absolute Gasteiger partial charge is 0.168 e. The SMILES string of the molecule is O=C(c1cccnc1)C1CCS(=O)(=O)C1. The summed E-state index contributed by atoms with van der Waals surface area (Å²) in [6, 6.07) is 3.34. The Morgan fingerprint density at radius 1 is 1.47 bits per heavy atom. The average molecular weight is 225 g/mol. The Hall–Kier alpha value is -1.23. The van der Waals surface area contributed by atoms with Crippen LogP contribution in [0.4, 0.5) is 0 Å². The maximum absolute atomic E-state index is 11.8. The molecule has 2 rings (SSSR count). The number of hydrogen-bond donors (Lipinski definition) is 0. The van der Waals surface area contributed by atoms with Crippen molar-refractivity contribution < 1.29 is 13.2 Å². The zero-order chi connectivity index (χ0) is 10.9. The van der Waals surface area contributed by atoms with E-state index < -0.39 is 9.84 Å². The summed E-state index contributed by atoms with van der Waals surface area (Å²) < 4.78 is 22.4. The van der Waals surface area contributed by atoms with Gasteiger partial charge in [0.1, 0.15) is 0 Å². The van der Waals surface area contributed by atoms with Gasteiger partial charge in [0.15, 0.2) is 15.6 Å². The van der Waals surface area contributed by atoms with Crippen LogP contribution >= 0.6 is 0 Å². The van der Waals surface area contributed by atoms with E-state index >= 15 is 0 Å². The van der Waals surface area contributed by atoms with E-state index in [0.29, 0.717) is 12.0 Å². The standard InChI is InChI=1S/C10H11NO3S/c12-10(8-2-1-4-11-6-8)9-3-5-15(13,14)7-9/h1-2,4,6,9H,3,5,7H2. The Labute approximate surface area is 88.3 Å². The third-order valence-corrected chi connectivity index (χ3v) is 4.32. The molecule has 1 atom stereocenters. The van der Waals surface area contributed by atoms with Crippen molar-refractivity contribution >= 4 is 15.6 Å². The molecule has 15 heavy (non-hydrogen) atoms. The zero-order valence-corrected chi connectivity index (χ0v) is 8.90. The van der Waals surface area contributed by atoms with Gasteiger partial charge in [0.2, 0.25) is 0 Å². The number of carbonyl (C=O) groups is 1. The highest BCUT2D eigenvalue weighted by Crippen LogP contribution is 2.22. The predicted octanol–water partition coefficient (Wildman–Crippen LogP) is 0.699. The zero-order valence-electron chi connectivity index (χ0n) is 8.09. The van der Waals surface area contributed by atoms with Crippen LogP contribution in [0, 0.1) is 5.92 Å². The van der Waals surface area contributed by atoms with Crippen molar-refractivity contribution in [1.82, 2.24) is 4.98 Å². The molecule has 1 aliphatic rings. The predicted molar refractivity (Wildman–Crippen MR) is 55.3 cm³/mol. The molecule has 0 saturated carbocycles. The summed E-state index contributed by atoms with van der Waals surface area (Å²) >= 11 is 0. The quantitative estimate of drug-likeness (QED) is 0.695. The van der Waals surface area contributed by atoms with Crippen molar-refractivity contribution in [1.29, 1.82) is 0 Å². The fraction of sp³-hybridized carbons (Fsp3) is 0.400. The van der Waals surface area contributed by atoms with Crippen molar-refractivity contribution in [3.8, 4) is 0 Å². The molecule has 0 radical (unpaired) electrons. The van der Waals surface area contributed by atoms with Gasteiger partial charge in [0.05, 0.1) is 11.5 Å². The van der Waals surface area contributed by atoms with Crippen molar-refractivity contribution in [2.75, 3.05) is 11.5 Å². The van der Waals surface area contributed by atoms with Gasteiger partial charge in [-0.25, -0.2) is 8.42 Å². The molecule has 0 aliphatic carbocycles. The second-order valence-electron chi connectivity index (χ2n) is 3.71. The first-order chi connectivity index (χ1) is 7.08. The number of rotatable bonds is 2. The summed E-state index contributed by atoms with van der Waals surface area (Å²) in [5.41, 5.74) is 0.500. The minimum absolute atomic E-state index is 0.0132. The van der Waals surface area contributed by atoms with Crippen LogP contribution in [0.5, 0.6) is 0 Å². The van der Waals surface area contributed by atoms with Crippen LogP contribution < -0.4 is 0 Å². The third kappa shape index (κ3) is 2.23. The molecule has 1 aromatic heterocycles. The lowest BCUT2D eigenvalue weighted by molar-refractivity contribution is 0.0933. The van der Waals surface area contributed by atoms with Gasteiger partial charge in [-0.1, -0.05) is 0 Å². The first kappa shape index (κ1) is 10.3. The van der Waals surface area contributed by atoms with E-state index in [1.165, 1.54) is 6.20 Å². The van der Waals surface area contributed by atoms with E-state index in [0.717, 1.165) is 0 Å². The van der Waals surface area contributed by atoms with Gasteiger partial charge < -0.3 is 0 Å². The average Bonchev–Trinajstić information content (AvgIpc) is 2.59. The topological polar surface area (TPSA) is 64.1 Å². The van der Waals surface area contributed by atoms with Crippen LogP contribution in [-0.2, 0) is 9.84 Å². The maximum atomic E-state index is 11.8. The van der Waals surface area contributed by atoms with Crippen LogP contribution in [0.25, 0.3) is 0 Å². The molecular weight excluding hydrogens is 214 g/mol. The van der Waals surface area contributed by atoms with Crippen molar-refractivity contribution in [2.45, 2.75) is 6.42 Å². The van der Waals surface area contributed by atoms with E-state index in [2.05, 4.69) is 4.98 Å². The van der Waals surface area contributed by atoms with Crippen LogP contribution in [0.2, 0.25) is 0 Å². The third-order valence-electron chi connectivity index (χ3n) is 2.55. The summed E-state index contributed by atoms with van der Waals surface area (Å²) in [7, 11) is -2.99. The number of hydrogen-bond acceptors (Lipinski definition) is 4. The lowest BCUT2D eigenvalue weighted by Crippen LogP contribution is -2.16. The number of carbonyl (C=O) groups excluding carboxylic acids is 1. The number of nitrogens with zero attached hydrogens (tertiary/aromatic N) is 1. The molecule has 1 fully saturated rings. The molecule has 1 aromatic rings. The summed E-state index contributed by atoms with van der Waals surface area (Å²) in [5, 5.41) is 0. The summed E-state index contributed by atoms with van der Waals surface area (Å²) in [6.07, 6.45) is 3.51. The van der Waals surface area contributed by atoms with Gasteiger partial charge in [-0.3, -0.25) is 9.78 Å². The Balaban J connectivity index is 2.18. The van der Waals surface area contributed by atoms with Crippen LogP contribution in [0.1, 0.15) is 16.8 Å². The molecule has 5 heteroatoms. The Morgan fingerprint density at radius 3 is 2.80 bits per heavy atom. The maximum Gasteiger partial charge on any atom is 0.168 e. The monoisotopic (exact) mass is 225 g/mol. The Morgan fingerprint density at radius 2 is 2.27 bits per heavy atom. The summed E-state index contributed by atoms with van der Waals surface area (Å²) in [5.74, 6) is -0.368. The molecule has 4 nitrogen and oxygen atoms in total. The van der Waals surface area contributed by atoms with Crippen LogP contribution in [0.3, 0.4) is 0 Å². The fourth-order valence-corrected chi connectivity index (χ4v) is 3.49. The van der Waals surface area contributed by atoms with Gasteiger partial charge in [0.25, 0.3) is 0 Å². The highest BCUT2D eigenvalue weighted by molar-refractivity contribution is 7.91. The molecule has 1 aliphatic heterocycles. The summed E-state index contributed by atoms with van der Waals surface area (Å²) in [4.78, 5) is 15.7. The number of sulfone groups is 1. The molecule has 80 valence electrons. The van der Waals surface area contributed by atoms with Gasteiger partial charge in [-0.05, 0) is 18.6 Å². The molecule has 0 spiro atoms. The lowest BCUT2D eigenvalue weighted by atomic mass is 9.99. The molecule has 1 saturated heterocycles. The molecule has 2 heterocycles. The number of Topliss-reactive ketones (excluding diaryl/α,β-unsaturated/α-hetero) is 1. The summed E-state index contributed by atoms with van der Waals surface area (Å²) in [6.45, 7) is 0. The van der Waals surface area contributed by atoms with Gasteiger partial charge in [-0.15, -0.1) is 0 Å². The van der Waals surface area contributed by atoms with E-state index in [1.807, 2.05) is 0 Å². The molecule has 0 N–H and O–H groups in total. The van der Waals surface area contributed by atoms with E-state index in [1.54, 1.807) is 18.3 Å². The van der Waals surface area contributed by atoms with Crippen LogP contribution in [-0.4, -0.2) is 30.7 Å². The van der Waals surface area contributed by atoms with Gasteiger partial charge >= 0.3 is 0 Å². The highest BCUT2D eigenvalue weighted by atomic mass is 32.2. The van der Waals surface area contributed by atoms with E-state index in [-0.39, 0.29) is 23.2 Å². The minimum atomic E-state index is -2.99. The largest absolute Gasteiger partial charge is 0.294 e. The molecule has 0 bridgehead atoms. The number of aromatic nitrogens is 1. The van der Waals surface area contributed by atoms with E-state index in [4.69, 9.17) is 0 Å². The number of pyridine rings is 1. The first-order valence-electron chi connectivity index (χ1n) is 4.73.